The predicted octanol–water partition coefficient (Wildman–Crippen LogP) is 3.00. The van der Waals surface area contributed by atoms with Crippen LogP contribution in [0, 0.1) is 11.7 Å². The van der Waals surface area contributed by atoms with Crippen molar-refractivity contribution in [3.8, 4) is 0 Å². The second-order valence-electron chi connectivity index (χ2n) is 4.27. The smallest absolute Gasteiger partial charge is 0.139 e. The summed E-state index contributed by atoms with van der Waals surface area (Å²) in [5, 5.41) is 0. The molecule has 0 aliphatic rings. The van der Waals surface area contributed by atoms with Gasteiger partial charge < -0.3 is 4.74 Å². The first kappa shape index (κ1) is 14.3. The fourth-order valence-electron chi connectivity index (χ4n) is 1.30. The van der Waals surface area contributed by atoms with E-state index in [1.807, 2.05) is 0 Å². The maximum atomic E-state index is 13.3. The summed E-state index contributed by atoms with van der Waals surface area (Å²) in [6, 6.07) is 6.16. The first-order valence-corrected chi connectivity index (χ1v) is 7.14. The Morgan fingerprint density at radius 1 is 1.29 bits per heavy atom. The van der Waals surface area contributed by atoms with Gasteiger partial charge in [-0.25, -0.2) is 4.39 Å². The molecule has 1 unspecified atom stereocenters. The SMILES string of the molecule is CC(C)CCOCCS(=O)c1ccccc1F. The molecule has 4 heteroatoms. The van der Waals surface area contributed by atoms with Gasteiger partial charge in [0.15, 0.2) is 0 Å². The lowest BCUT2D eigenvalue weighted by Crippen LogP contribution is -2.09. The molecule has 0 aliphatic carbocycles. The first-order chi connectivity index (χ1) is 8.11. The van der Waals surface area contributed by atoms with E-state index in [1.165, 1.54) is 6.07 Å². The van der Waals surface area contributed by atoms with Crippen molar-refractivity contribution in [2.75, 3.05) is 19.0 Å². The van der Waals surface area contributed by atoms with Crippen LogP contribution >= 0.6 is 0 Å². The molecule has 2 nitrogen and oxygen atoms in total. The highest BCUT2D eigenvalue weighted by Crippen LogP contribution is 2.11. The Balaban J connectivity index is 2.29. The van der Waals surface area contributed by atoms with Gasteiger partial charge in [-0.2, -0.15) is 0 Å². The number of hydrogen-bond acceptors (Lipinski definition) is 2. The standard InChI is InChI=1S/C13H19FO2S/c1-11(2)7-8-16-9-10-17(15)13-6-4-3-5-12(13)14/h3-6,11H,7-10H2,1-2H3. The zero-order valence-electron chi connectivity index (χ0n) is 10.3. The Hall–Kier alpha value is -0.740. The summed E-state index contributed by atoms with van der Waals surface area (Å²) in [6.45, 7) is 5.33. The minimum Gasteiger partial charge on any atom is -0.380 e. The number of hydrogen-bond donors (Lipinski definition) is 0. The second-order valence-corrected chi connectivity index (χ2v) is 5.81. The van der Waals surface area contributed by atoms with E-state index in [0.29, 0.717) is 24.9 Å². The molecule has 96 valence electrons. The Bertz CT molecular complexity index is 366. The van der Waals surface area contributed by atoms with Crippen molar-refractivity contribution in [2.24, 2.45) is 5.92 Å². The van der Waals surface area contributed by atoms with Gasteiger partial charge in [0.25, 0.3) is 0 Å². The van der Waals surface area contributed by atoms with Gasteiger partial charge in [-0.3, -0.25) is 4.21 Å². The zero-order chi connectivity index (χ0) is 12.7. The van der Waals surface area contributed by atoms with Gasteiger partial charge in [0.05, 0.1) is 28.1 Å². The molecule has 0 spiro atoms. The lowest BCUT2D eigenvalue weighted by atomic mass is 10.1. The summed E-state index contributed by atoms with van der Waals surface area (Å²) in [4.78, 5) is 0.264. The Labute approximate surface area is 105 Å². The molecule has 17 heavy (non-hydrogen) atoms. The Morgan fingerprint density at radius 3 is 2.65 bits per heavy atom. The fraction of sp³-hybridized carbons (Fsp3) is 0.538. The van der Waals surface area contributed by atoms with E-state index in [4.69, 9.17) is 4.74 Å². The van der Waals surface area contributed by atoms with Gasteiger partial charge in [0.2, 0.25) is 0 Å². The number of benzene rings is 1. The van der Waals surface area contributed by atoms with Crippen LogP contribution in [0.4, 0.5) is 4.39 Å². The van der Waals surface area contributed by atoms with Crippen molar-refractivity contribution in [2.45, 2.75) is 25.2 Å². The number of ether oxygens (including phenoxy) is 1. The monoisotopic (exact) mass is 258 g/mol. The summed E-state index contributed by atoms with van der Waals surface area (Å²) in [5.74, 6) is 0.541. The van der Waals surface area contributed by atoms with Crippen LogP contribution in [0.3, 0.4) is 0 Å². The third-order valence-electron chi connectivity index (χ3n) is 2.33. The molecule has 1 aromatic carbocycles. The topological polar surface area (TPSA) is 26.3 Å². The van der Waals surface area contributed by atoms with Crippen molar-refractivity contribution in [3.63, 3.8) is 0 Å². The summed E-state index contributed by atoms with van der Waals surface area (Å²) in [7, 11) is -1.31. The van der Waals surface area contributed by atoms with Crippen molar-refractivity contribution in [1.29, 1.82) is 0 Å². The molecule has 0 saturated heterocycles. The molecule has 0 heterocycles. The van der Waals surface area contributed by atoms with Gasteiger partial charge in [0.1, 0.15) is 5.82 Å². The normalized spacial score (nSPS) is 12.9. The van der Waals surface area contributed by atoms with E-state index in [-0.39, 0.29) is 4.90 Å². The minimum absolute atomic E-state index is 0.264. The highest BCUT2D eigenvalue weighted by atomic mass is 32.2. The Kier molecular flexibility index (Phi) is 6.37. The third-order valence-corrected chi connectivity index (χ3v) is 3.69. The van der Waals surface area contributed by atoms with E-state index in [1.54, 1.807) is 18.2 Å². The lowest BCUT2D eigenvalue weighted by molar-refractivity contribution is 0.138. The minimum atomic E-state index is -1.31. The van der Waals surface area contributed by atoms with Crippen molar-refractivity contribution >= 4 is 10.8 Å². The Morgan fingerprint density at radius 2 is 2.00 bits per heavy atom. The van der Waals surface area contributed by atoms with Crippen LogP contribution in [0.2, 0.25) is 0 Å². The van der Waals surface area contributed by atoms with Crippen LogP contribution in [0.15, 0.2) is 29.2 Å². The number of rotatable bonds is 7. The van der Waals surface area contributed by atoms with Crippen LogP contribution in [-0.2, 0) is 15.5 Å². The summed E-state index contributed by atoms with van der Waals surface area (Å²) in [5.41, 5.74) is 0. The third kappa shape index (κ3) is 5.41. The van der Waals surface area contributed by atoms with E-state index < -0.39 is 16.6 Å². The van der Waals surface area contributed by atoms with Crippen LogP contribution < -0.4 is 0 Å². The highest BCUT2D eigenvalue weighted by Gasteiger charge is 2.08. The molecule has 0 amide bonds. The maximum absolute atomic E-state index is 13.3. The molecule has 0 fully saturated rings. The van der Waals surface area contributed by atoms with Crippen molar-refractivity contribution < 1.29 is 13.3 Å². The lowest BCUT2D eigenvalue weighted by Gasteiger charge is -2.06. The molecule has 1 atom stereocenters. The van der Waals surface area contributed by atoms with E-state index >= 15 is 0 Å². The first-order valence-electron chi connectivity index (χ1n) is 5.82. The van der Waals surface area contributed by atoms with Gasteiger partial charge in [-0.15, -0.1) is 0 Å². The van der Waals surface area contributed by atoms with Crippen molar-refractivity contribution in [1.82, 2.24) is 0 Å². The summed E-state index contributed by atoms with van der Waals surface area (Å²) in [6.07, 6.45) is 0.992. The molecule has 0 saturated carbocycles. The van der Waals surface area contributed by atoms with E-state index in [9.17, 15) is 8.60 Å². The molecular weight excluding hydrogens is 239 g/mol. The van der Waals surface area contributed by atoms with E-state index in [0.717, 1.165) is 6.42 Å². The van der Waals surface area contributed by atoms with Crippen LogP contribution in [-0.4, -0.2) is 23.2 Å². The summed E-state index contributed by atoms with van der Waals surface area (Å²) >= 11 is 0. The number of halogens is 1. The maximum Gasteiger partial charge on any atom is 0.139 e. The average molecular weight is 258 g/mol. The molecule has 1 aromatic rings. The van der Waals surface area contributed by atoms with Gasteiger partial charge >= 0.3 is 0 Å². The highest BCUT2D eigenvalue weighted by molar-refractivity contribution is 7.85. The van der Waals surface area contributed by atoms with Crippen LogP contribution in [0.25, 0.3) is 0 Å². The second kappa shape index (κ2) is 7.56. The van der Waals surface area contributed by atoms with Crippen LogP contribution in [0.5, 0.6) is 0 Å². The molecule has 0 aliphatic heterocycles. The quantitative estimate of drug-likeness (QED) is 0.703. The molecule has 0 N–H and O–H groups in total. The predicted molar refractivity (Wildman–Crippen MR) is 67.9 cm³/mol. The van der Waals surface area contributed by atoms with Crippen molar-refractivity contribution in [3.05, 3.63) is 30.1 Å². The largest absolute Gasteiger partial charge is 0.380 e. The molecule has 0 aromatic heterocycles. The van der Waals surface area contributed by atoms with E-state index in [2.05, 4.69) is 13.8 Å². The summed E-state index contributed by atoms with van der Waals surface area (Å²) < 4.78 is 30.4. The zero-order valence-corrected chi connectivity index (χ0v) is 11.1. The van der Waals surface area contributed by atoms with Gasteiger partial charge in [-0.05, 0) is 24.5 Å². The molecule has 0 radical (unpaired) electrons. The molecule has 0 bridgehead atoms. The van der Waals surface area contributed by atoms with Gasteiger partial charge in [-0.1, -0.05) is 26.0 Å². The average Bonchev–Trinajstić information content (AvgIpc) is 2.28. The van der Waals surface area contributed by atoms with Crippen LogP contribution in [0.1, 0.15) is 20.3 Å². The fourth-order valence-corrected chi connectivity index (χ4v) is 2.30. The molecular formula is C13H19FO2S. The van der Waals surface area contributed by atoms with Gasteiger partial charge in [0, 0.05) is 6.61 Å². The molecule has 1 rings (SSSR count).